The van der Waals surface area contributed by atoms with Crippen LogP contribution in [0.15, 0.2) is 60.8 Å². The van der Waals surface area contributed by atoms with Crippen LogP contribution < -0.4 is 5.32 Å². The molecular formula is C92H169NO18. The van der Waals surface area contributed by atoms with Crippen molar-refractivity contribution in [2.45, 2.75) is 491 Å². The molecule has 3 aliphatic heterocycles. The van der Waals surface area contributed by atoms with Crippen LogP contribution in [0.3, 0.4) is 0 Å². The van der Waals surface area contributed by atoms with Crippen molar-refractivity contribution in [3.63, 3.8) is 0 Å². The molecule has 12 N–H and O–H groups in total. The second-order valence-corrected chi connectivity index (χ2v) is 32.7. The Balaban J connectivity index is 1.29. The first kappa shape index (κ1) is 103. The Labute approximate surface area is 675 Å². The first-order chi connectivity index (χ1) is 54.3. The number of hydrogen-bond acceptors (Lipinski definition) is 18. The van der Waals surface area contributed by atoms with Crippen LogP contribution in [-0.2, 0) is 33.2 Å². The number of aliphatic hydroxyl groups excluding tert-OH is 11. The highest BCUT2D eigenvalue weighted by Gasteiger charge is 2.54. The summed E-state index contributed by atoms with van der Waals surface area (Å²) in [5.74, 6) is -0.267. The second kappa shape index (κ2) is 71.6. The molecule has 3 saturated heterocycles. The summed E-state index contributed by atoms with van der Waals surface area (Å²) >= 11 is 0. The highest BCUT2D eigenvalue weighted by atomic mass is 16.8. The predicted octanol–water partition coefficient (Wildman–Crippen LogP) is 17.7. The maximum Gasteiger partial charge on any atom is 0.220 e. The van der Waals surface area contributed by atoms with Crippen LogP contribution >= 0.6 is 0 Å². The lowest BCUT2D eigenvalue weighted by Crippen LogP contribution is -2.66. The molecule has 1 amide bonds. The Morgan fingerprint density at radius 3 is 0.973 bits per heavy atom. The third-order valence-corrected chi connectivity index (χ3v) is 22.8. The second-order valence-electron chi connectivity index (χ2n) is 32.7. The SMILES string of the molecule is CC/C=C\C/C=C\C/C=C\C/C=C\CCCCCCCCCCCCCCCCCCCCCCCCCCCCCCC(=O)NC(COC1OC(CO)C(OC2OC(CO)C(OC3OC(CO)C(O)C(O)C3O)C(O)C2O)C(O)C1O)C(O)/C=C/CCCCCCCCCCCCCCCCCCCCCCCCC. The van der Waals surface area contributed by atoms with Gasteiger partial charge in [-0.05, 0) is 57.8 Å². The zero-order valence-corrected chi connectivity index (χ0v) is 70.2. The minimum Gasteiger partial charge on any atom is -0.394 e. The Hall–Kier alpha value is -2.51. The summed E-state index contributed by atoms with van der Waals surface area (Å²) in [6, 6.07) is -0.974. The molecular weight excluding hydrogens is 1410 g/mol. The highest BCUT2D eigenvalue weighted by molar-refractivity contribution is 5.76. The van der Waals surface area contributed by atoms with Crippen LogP contribution in [0.5, 0.6) is 0 Å². The van der Waals surface area contributed by atoms with Gasteiger partial charge >= 0.3 is 0 Å². The number of carbonyl (C=O) groups is 1. The molecule has 3 aliphatic rings. The van der Waals surface area contributed by atoms with Gasteiger partial charge in [-0.1, -0.05) is 383 Å². The van der Waals surface area contributed by atoms with E-state index < -0.39 is 124 Å². The van der Waals surface area contributed by atoms with Gasteiger partial charge in [-0.25, -0.2) is 0 Å². The molecule has 0 bridgehead atoms. The van der Waals surface area contributed by atoms with Crippen molar-refractivity contribution in [3.05, 3.63) is 60.8 Å². The zero-order valence-electron chi connectivity index (χ0n) is 70.2. The summed E-state index contributed by atoms with van der Waals surface area (Å²) in [6.45, 7) is 1.69. The van der Waals surface area contributed by atoms with Gasteiger partial charge < -0.3 is 89.9 Å². The topological polar surface area (TPSA) is 307 Å². The molecule has 3 heterocycles. The number of allylic oxidation sites excluding steroid dienone is 9. The van der Waals surface area contributed by atoms with E-state index in [0.717, 1.165) is 70.6 Å². The van der Waals surface area contributed by atoms with Gasteiger partial charge in [-0.15, -0.1) is 0 Å². The average Bonchev–Trinajstić information content (AvgIpc) is 0.780. The fraction of sp³-hybridized carbons (Fsp3) is 0.880. The number of ether oxygens (including phenoxy) is 6. The molecule has 0 spiro atoms. The molecule has 0 aromatic rings. The number of amides is 1. The molecule has 111 heavy (non-hydrogen) atoms. The number of rotatable bonds is 75. The summed E-state index contributed by atoms with van der Waals surface area (Å²) in [6.07, 6.45) is 68.1. The minimum absolute atomic E-state index is 0.247. The van der Waals surface area contributed by atoms with Crippen molar-refractivity contribution in [2.75, 3.05) is 26.4 Å². The smallest absolute Gasteiger partial charge is 0.220 e. The monoisotopic (exact) mass is 1580 g/mol. The lowest BCUT2D eigenvalue weighted by molar-refractivity contribution is -0.379. The zero-order chi connectivity index (χ0) is 80.3. The van der Waals surface area contributed by atoms with E-state index in [1.54, 1.807) is 6.08 Å². The van der Waals surface area contributed by atoms with Gasteiger partial charge in [0.15, 0.2) is 18.9 Å². The summed E-state index contributed by atoms with van der Waals surface area (Å²) in [5.41, 5.74) is 0. The van der Waals surface area contributed by atoms with Gasteiger partial charge in [0, 0.05) is 6.42 Å². The third-order valence-electron chi connectivity index (χ3n) is 22.8. The van der Waals surface area contributed by atoms with Crippen molar-refractivity contribution < 1.29 is 89.4 Å². The van der Waals surface area contributed by atoms with E-state index in [0.29, 0.717) is 6.42 Å². The van der Waals surface area contributed by atoms with Gasteiger partial charge in [0.25, 0.3) is 0 Å². The molecule has 0 aliphatic carbocycles. The van der Waals surface area contributed by atoms with E-state index in [2.05, 4.69) is 67.8 Å². The molecule has 650 valence electrons. The van der Waals surface area contributed by atoms with Crippen molar-refractivity contribution in [3.8, 4) is 0 Å². The number of nitrogens with one attached hydrogen (secondary N) is 1. The van der Waals surface area contributed by atoms with Crippen molar-refractivity contribution >= 4 is 5.91 Å². The number of carbonyl (C=O) groups excluding carboxylic acids is 1. The fourth-order valence-electron chi connectivity index (χ4n) is 15.5. The van der Waals surface area contributed by atoms with E-state index in [4.69, 9.17) is 28.4 Å². The third kappa shape index (κ3) is 50.1. The molecule has 0 aromatic carbocycles. The Bertz CT molecular complexity index is 2230. The van der Waals surface area contributed by atoms with Gasteiger partial charge in [0.05, 0.1) is 38.6 Å². The average molecular weight is 1580 g/mol. The van der Waals surface area contributed by atoms with E-state index in [1.807, 2.05) is 6.08 Å². The van der Waals surface area contributed by atoms with Crippen LogP contribution in [0.2, 0.25) is 0 Å². The van der Waals surface area contributed by atoms with E-state index >= 15 is 0 Å². The maximum atomic E-state index is 13.5. The van der Waals surface area contributed by atoms with Gasteiger partial charge in [-0.3, -0.25) is 4.79 Å². The normalized spacial score (nSPS) is 25.3. The van der Waals surface area contributed by atoms with Crippen LogP contribution in [0, 0.1) is 0 Å². The lowest BCUT2D eigenvalue weighted by atomic mass is 9.96. The predicted molar refractivity (Wildman–Crippen MR) is 448 cm³/mol. The summed E-state index contributed by atoms with van der Waals surface area (Å²) < 4.78 is 34.5. The van der Waals surface area contributed by atoms with Gasteiger partial charge in [0.1, 0.15) is 73.2 Å². The molecule has 0 radical (unpaired) electrons. The van der Waals surface area contributed by atoms with E-state index in [-0.39, 0.29) is 18.9 Å². The lowest BCUT2D eigenvalue weighted by Gasteiger charge is -2.48. The number of aliphatic hydroxyl groups is 11. The molecule has 3 rings (SSSR count). The van der Waals surface area contributed by atoms with Crippen molar-refractivity contribution in [1.82, 2.24) is 5.32 Å². The van der Waals surface area contributed by atoms with Crippen molar-refractivity contribution in [1.29, 1.82) is 0 Å². The largest absolute Gasteiger partial charge is 0.394 e. The van der Waals surface area contributed by atoms with Crippen LogP contribution in [0.4, 0.5) is 0 Å². The molecule has 17 atom stereocenters. The first-order valence-corrected chi connectivity index (χ1v) is 46.0. The Morgan fingerprint density at radius 2 is 0.622 bits per heavy atom. The van der Waals surface area contributed by atoms with Crippen LogP contribution in [-0.4, -0.2) is 193 Å². The number of unbranched alkanes of at least 4 members (excludes halogenated alkanes) is 51. The molecule has 3 fully saturated rings. The van der Waals surface area contributed by atoms with Crippen molar-refractivity contribution in [2.24, 2.45) is 0 Å². The first-order valence-electron chi connectivity index (χ1n) is 46.0. The minimum atomic E-state index is -1.98. The number of hydrogen-bond donors (Lipinski definition) is 12. The highest BCUT2D eigenvalue weighted by Crippen LogP contribution is 2.34. The summed E-state index contributed by atoms with van der Waals surface area (Å²) in [7, 11) is 0. The summed E-state index contributed by atoms with van der Waals surface area (Å²) in [4.78, 5) is 13.5. The fourth-order valence-corrected chi connectivity index (χ4v) is 15.5. The molecule has 19 heteroatoms. The Morgan fingerprint density at radius 1 is 0.333 bits per heavy atom. The quantitative estimate of drug-likeness (QED) is 0.0199. The Kier molecular flexibility index (Phi) is 66.2. The molecule has 17 unspecified atom stereocenters. The molecule has 19 nitrogen and oxygen atoms in total. The molecule has 0 aromatic heterocycles. The summed E-state index contributed by atoms with van der Waals surface area (Å²) in [5, 5.41) is 121. The van der Waals surface area contributed by atoms with Crippen LogP contribution in [0.25, 0.3) is 0 Å². The molecule has 0 saturated carbocycles. The standard InChI is InChI=1S/C92H169NO18/c1-3-5-7-9-11-13-15-17-19-21-23-25-27-29-30-31-32-33-34-35-36-37-38-39-40-41-42-43-44-46-48-50-52-54-56-58-60-62-64-66-68-70-80(98)93-75(76(97)69-67-65-63-61-59-57-55-53-51-49-47-45-28-26-24-22-20-18-16-14-12-10-8-6-4-2)74-106-90-86(104)83(101)88(78(72-95)108-90)111-92-87(105)84(102)89(79(73-96)109-92)110-91-85(103)82(100)81(99)77(71-94)107-91/h5,7,11,13,17,19,23,25,67,69,75-79,81-92,94-97,99-105H,3-4,6,8-10,12,14-16,18,20-22,24,26-66,68,70-74H2,1-2H3,(H,93,98)/b7-5-,13-11-,19-17-,25-23-,69-67+. The van der Waals surface area contributed by atoms with Gasteiger partial charge in [0.2, 0.25) is 5.91 Å². The van der Waals surface area contributed by atoms with Gasteiger partial charge in [-0.2, -0.15) is 0 Å². The maximum absolute atomic E-state index is 13.5. The van der Waals surface area contributed by atoms with Crippen LogP contribution in [0.1, 0.15) is 386 Å². The van der Waals surface area contributed by atoms with E-state index in [1.165, 1.54) is 289 Å². The van der Waals surface area contributed by atoms with E-state index in [9.17, 15) is 61.0 Å².